The van der Waals surface area contributed by atoms with Crippen molar-refractivity contribution < 1.29 is 13.2 Å². The van der Waals surface area contributed by atoms with Crippen molar-refractivity contribution in [2.75, 3.05) is 6.54 Å². The van der Waals surface area contributed by atoms with Gasteiger partial charge < -0.3 is 5.32 Å². The van der Waals surface area contributed by atoms with Gasteiger partial charge in [0.1, 0.15) is 0 Å². The molecule has 1 fully saturated rings. The lowest BCUT2D eigenvalue weighted by molar-refractivity contribution is -0.121. The van der Waals surface area contributed by atoms with Gasteiger partial charge in [0.25, 0.3) is 15.9 Å². The van der Waals surface area contributed by atoms with Crippen molar-refractivity contribution in [1.82, 2.24) is 10.0 Å². The van der Waals surface area contributed by atoms with Crippen LogP contribution >= 0.6 is 0 Å². The summed E-state index contributed by atoms with van der Waals surface area (Å²) in [5.41, 5.74) is 0. The molecule has 1 unspecified atom stereocenters. The number of carbonyl (C=O) groups excluding carboxylic acids is 1. The van der Waals surface area contributed by atoms with Gasteiger partial charge in [-0.1, -0.05) is 24.6 Å². The summed E-state index contributed by atoms with van der Waals surface area (Å²) in [5, 5.41) is 3.02. The van der Waals surface area contributed by atoms with Crippen LogP contribution < -0.4 is 10.0 Å². The monoisotopic (exact) mass is 268 g/mol. The molecule has 6 heteroatoms. The number of piperidine rings is 1. The average Bonchev–Trinajstić information content (AvgIpc) is 2.40. The van der Waals surface area contributed by atoms with Crippen LogP contribution in [0.4, 0.5) is 0 Å². The fraction of sp³-hybridized carbons (Fsp3) is 0.417. The summed E-state index contributed by atoms with van der Waals surface area (Å²) in [7, 11) is -3.75. The molecule has 2 rings (SSSR count). The third kappa shape index (κ3) is 3.08. The summed E-state index contributed by atoms with van der Waals surface area (Å²) >= 11 is 0. The van der Waals surface area contributed by atoms with Crippen molar-refractivity contribution in [3.8, 4) is 0 Å². The Morgan fingerprint density at radius 3 is 2.56 bits per heavy atom. The van der Waals surface area contributed by atoms with Crippen LogP contribution in [0.2, 0.25) is 0 Å². The molecule has 1 saturated heterocycles. The molecule has 0 spiro atoms. The lowest BCUT2D eigenvalue weighted by Crippen LogP contribution is -2.48. The third-order valence-corrected chi connectivity index (χ3v) is 4.28. The number of carbonyl (C=O) groups is 1. The van der Waals surface area contributed by atoms with E-state index in [1.54, 1.807) is 18.2 Å². The molecule has 1 heterocycles. The molecule has 0 saturated carbocycles. The van der Waals surface area contributed by atoms with Crippen LogP contribution in [0.5, 0.6) is 0 Å². The van der Waals surface area contributed by atoms with Crippen molar-refractivity contribution in [3.63, 3.8) is 0 Å². The minimum atomic E-state index is -3.75. The van der Waals surface area contributed by atoms with Crippen molar-refractivity contribution in [1.29, 1.82) is 0 Å². The van der Waals surface area contributed by atoms with E-state index in [2.05, 4.69) is 10.0 Å². The first-order valence-corrected chi connectivity index (χ1v) is 7.43. The first-order valence-electron chi connectivity index (χ1n) is 5.95. The molecule has 1 aromatic carbocycles. The molecule has 0 radical (unpaired) electrons. The van der Waals surface area contributed by atoms with Gasteiger partial charge in [0, 0.05) is 0 Å². The summed E-state index contributed by atoms with van der Waals surface area (Å²) in [5.74, 6) is -0.474. The predicted octanol–water partition coefficient (Wildman–Crippen LogP) is 0.634. The van der Waals surface area contributed by atoms with Crippen LogP contribution in [0.15, 0.2) is 35.2 Å². The minimum absolute atomic E-state index is 0.106. The summed E-state index contributed by atoms with van der Waals surface area (Å²) in [6.45, 7) is 0.753. The first kappa shape index (κ1) is 13.0. The second-order valence-electron chi connectivity index (χ2n) is 4.29. The normalized spacial score (nSPS) is 20.3. The molecule has 0 aliphatic carbocycles. The lowest BCUT2D eigenvalue weighted by atomic mass is 10.1. The smallest absolute Gasteiger partial charge is 0.264 e. The maximum atomic E-state index is 11.9. The van der Waals surface area contributed by atoms with E-state index < -0.39 is 22.0 Å². The third-order valence-electron chi connectivity index (χ3n) is 2.92. The Kier molecular flexibility index (Phi) is 3.98. The highest BCUT2D eigenvalue weighted by Crippen LogP contribution is 2.10. The van der Waals surface area contributed by atoms with E-state index in [4.69, 9.17) is 0 Å². The van der Waals surface area contributed by atoms with Gasteiger partial charge in [-0.25, -0.2) is 13.1 Å². The van der Waals surface area contributed by atoms with Crippen LogP contribution in [-0.4, -0.2) is 26.9 Å². The fourth-order valence-corrected chi connectivity index (χ4v) is 2.98. The van der Waals surface area contributed by atoms with Crippen LogP contribution in [0.1, 0.15) is 19.3 Å². The molecule has 1 aliphatic rings. The van der Waals surface area contributed by atoms with Crippen LogP contribution in [0.3, 0.4) is 0 Å². The fourth-order valence-electron chi connectivity index (χ4n) is 1.94. The first-order chi connectivity index (χ1) is 8.59. The van der Waals surface area contributed by atoms with E-state index in [1.807, 2.05) is 0 Å². The minimum Gasteiger partial charge on any atom is -0.306 e. The SMILES string of the molecule is O=C(NS(=O)(=O)c1ccccc1)C1CCCCN1. The summed E-state index contributed by atoms with van der Waals surface area (Å²) in [6, 6.07) is 7.49. The molecule has 98 valence electrons. The van der Waals surface area contributed by atoms with Gasteiger partial charge in [0.2, 0.25) is 0 Å². The highest BCUT2D eigenvalue weighted by Gasteiger charge is 2.25. The second-order valence-corrected chi connectivity index (χ2v) is 5.97. The Labute approximate surface area is 107 Å². The van der Waals surface area contributed by atoms with E-state index in [-0.39, 0.29) is 4.90 Å². The highest BCUT2D eigenvalue weighted by molar-refractivity contribution is 7.90. The average molecular weight is 268 g/mol. The Hall–Kier alpha value is -1.40. The van der Waals surface area contributed by atoms with E-state index in [9.17, 15) is 13.2 Å². The molecule has 2 N–H and O–H groups in total. The van der Waals surface area contributed by atoms with Gasteiger partial charge in [-0.2, -0.15) is 0 Å². The molecular formula is C12H16N2O3S. The number of sulfonamides is 1. The number of hydrogen-bond donors (Lipinski definition) is 2. The van der Waals surface area contributed by atoms with Gasteiger partial charge in [0.05, 0.1) is 10.9 Å². The van der Waals surface area contributed by atoms with Crippen LogP contribution in [-0.2, 0) is 14.8 Å². The van der Waals surface area contributed by atoms with Gasteiger partial charge in [-0.15, -0.1) is 0 Å². The van der Waals surface area contributed by atoms with Crippen molar-refractivity contribution in [2.24, 2.45) is 0 Å². The van der Waals surface area contributed by atoms with E-state index in [1.165, 1.54) is 12.1 Å². The van der Waals surface area contributed by atoms with Crippen molar-refractivity contribution in [2.45, 2.75) is 30.2 Å². The zero-order valence-electron chi connectivity index (χ0n) is 9.93. The van der Waals surface area contributed by atoms with Gasteiger partial charge >= 0.3 is 0 Å². The number of amides is 1. The second kappa shape index (κ2) is 5.49. The molecule has 5 nitrogen and oxygen atoms in total. The van der Waals surface area contributed by atoms with Crippen LogP contribution in [0, 0.1) is 0 Å². The standard InChI is InChI=1S/C12H16N2O3S/c15-12(11-8-4-5-9-13-11)14-18(16,17)10-6-2-1-3-7-10/h1-3,6-7,11,13H,4-5,8-9H2,(H,14,15). The molecule has 18 heavy (non-hydrogen) atoms. The lowest BCUT2D eigenvalue weighted by Gasteiger charge is -2.22. The zero-order valence-corrected chi connectivity index (χ0v) is 10.7. The van der Waals surface area contributed by atoms with Gasteiger partial charge in [-0.3, -0.25) is 4.79 Å². The summed E-state index contributed by atoms with van der Waals surface area (Å²) in [4.78, 5) is 11.9. The van der Waals surface area contributed by atoms with Crippen molar-refractivity contribution in [3.05, 3.63) is 30.3 Å². The zero-order chi connectivity index (χ0) is 13.0. The summed E-state index contributed by atoms with van der Waals surface area (Å²) in [6.07, 6.45) is 2.64. The van der Waals surface area contributed by atoms with Gasteiger partial charge in [0.15, 0.2) is 0 Å². The van der Waals surface area contributed by atoms with E-state index in [0.717, 1.165) is 19.4 Å². The van der Waals surface area contributed by atoms with Crippen molar-refractivity contribution >= 4 is 15.9 Å². The molecule has 1 atom stereocenters. The number of hydrogen-bond acceptors (Lipinski definition) is 4. The Balaban J connectivity index is 2.06. The molecule has 0 aromatic heterocycles. The maximum Gasteiger partial charge on any atom is 0.264 e. The summed E-state index contributed by atoms with van der Waals surface area (Å²) < 4.78 is 26.0. The topological polar surface area (TPSA) is 75.3 Å². The predicted molar refractivity (Wildman–Crippen MR) is 67.4 cm³/mol. The molecule has 1 amide bonds. The molecule has 1 aliphatic heterocycles. The molecule has 1 aromatic rings. The van der Waals surface area contributed by atoms with Crippen LogP contribution in [0.25, 0.3) is 0 Å². The Bertz CT molecular complexity index is 507. The Morgan fingerprint density at radius 2 is 1.94 bits per heavy atom. The van der Waals surface area contributed by atoms with E-state index >= 15 is 0 Å². The number of nitrogens with one attached hydrogen (secondary N) is 2. The maximum absolute atomic E-state index is 11.9. The number of rotatable bonds is 3. The number of benzene rings is 1. The van der Waals surface area contributed by atoms with E-state index in [0.29, 0.717) is 6.42 Å². The molecule has 0 bridgehead atoms. The van der Waals surface area contributed by atoms with Gasteiger partial charge in [-0.05, 0) is 31.5 Å². The quantitative estimate of drug-likeness (QED) is 0.843. The molecular weight excluding hydrogens is 252 g/mol. The largest absolute Gasteiger partial charge is 0.306 e. The Morgan fingerprint density at radius 1 is 1.22 bits per heavy atom. The highest BCUT2D eigenvalue weighted by atomic mass is 32.2.